The van der Waals surface area contributed by atoms with Crippen molar-refractivity contribution in [2.75, 3.05) is 27.2 Å². The van der Waals surface area contributed by atoms with Gasteiger partial charge in [0, 0.05) is 13.1 Å². The zero-order valence-electron chi connectivity index (χ0n) is 11.3. The van der Waals surface area contributed by atoms with Gasteiger partial charge in [-0.3, -0.25) is 5.32 Å². The quantitative estimate of drug-likeness (QED) is 0.770. The number of hydrogen-bond donors (Lipinski definition) is 2. The third kappa shape index (κ3) is 3.31. The van der Waals surface area contributed by atoms with Gasteiger partial charge in [0.1, 0.15) is 5.54 Å². The number of benzene rings is 1. The highest BCUT2D eigenvalue weighted by atomic mass is 16.4. The molecule has 1 atom stereocenters. The normalized spacial score (nSPS) is 14.4. The Labute approximate surface area is 109 Å². The Bertz CT molecular complexity index is 379. The fourth-order valence-corrected chi connectivity index (χ4v) is 2.00. The van der Waals surface area contributed by atoms with Gasteiger partial charge >= 0.3 is 5.97 Å². The molecule has 2 N–H and O–H groups in total. The number of likely N-dealkylation sites (N-methyl/N-ethyl adjacent to an activating group) is 1. The van der Waals surface area contributed by atoms with Gasteiger partial charge in [0.05, 0.1) is 0 Å². The van der Waals surface area contributed by atoms with E-state index < -0.39 is 11.5 Å². The van der Waals surface area contributed by atoms with Crippen LogP contribution in [0.4, 0.5) is 0 Å². The van der Waals surface area contributed by atoms with E-state index >= 15 is 0 Å². The Morgan fingerprint density at radius 2 is 1.94 bits per heavy atom. The number of carboxylic acids is 1. The molecular formula is C14H22N2O2. The standard InChI is InChI=1S/C14H22N2O2/c1-4-14(13(17)18,15-10-11-16(2)3)12-8-6-5-7-9-12/h5-9,15H,4,10-11H2,1-3H3,(H,17,18). The summed E-state index contributed by atoms with van der Waals surface area (Å²) in [6, 6.07) is 9.36. The lowest BCUT2D eigenvalue weighted by Crippen LogP contribution is -2.50. The summed E-state index contributed by atoms with van der Waals surface area (Å²) in [5.74, 6) is -0.824. The lowest BCUT2D eigenvalue weighted by atomic mass is 9.87. The predicted octanol–water partition coefficient (Wildman–Crippen LogP) is 1.53. The third-order valence-corrected chi connectivity index (χ3v) is 3.15. The maximum absolute atomic E-state index is 11.7. The lowest BCUT2D eigenvalue weighted by Gasteiger charge is -2.30. The molecule has 4 heteroatoms. The van der Waals surface area contributed by atoms with Crippen molar-refractivity contribution in [1.82, 2.24) is 10.2 Å². The van der Waals surface area contributed by atoms with Crippen LogP contribution in [0.25, 0.3) is 0 Å². The molecule has 0 fully saturated rings. The Kier molecular flexibility index (Phi) is 5.31. The third-order valence-electron chi connectivity index (χ3n) is 3.15. The number of nitrogens with zero attached hydrogens (tertiary/aromatic N) is 1. The van der Waals surface area contributed by atoms with Crippen molar-refractivity contribution in [3.8, 4) is 0 Å². The van der Waals surface area contributed by atoms with Crippen LogP contribution in [0.15, 0.2) is 30.3 Å². The van der Waals surface area contributed by atoms with Gasteiger partial charge in [-0.25, -0.2) is 4.79 Å². The molecule has 0 aliphatic carbocycles. The molecule has 0 aliphatic heterocycles. The summed E-state index contributed by atoms with van der Waals surface area (Å²) in [6.45, 7) is 3.34. The molecule has 0 aliphatic rings. The average Bonchev–Trinajstić information content (AvgIpc) is 2.35. The van der Waals surface area contributed by atoms with Gasteiger partial charge in [-0.15, -0.1) is 0 Å². The molecular weight excluding hydrogens is 228 g/mol. The van der Waals surface area contributed by atoms with Crippen molar-refractivity contribution in [3.63, 3.8) is 0 Å². The Balaban J connectivity index is 2.92. The second-order valence-corrected chi connectivity index (χ2v) is 4.66. The van der Waals surface area contributed by atoms with Crippen molar-refractivity contribution in [1.29, 1.82) is 0 Å². The van der Waals surface area contributed by atoms with E-state index in [0.29, 0.717) is 13.0 Å². The first-order valence-electron chi connectivity index (χ1n) is 6.21. The Morgan fingerprint density at radius 1 is 1.33 bits per heavy atom. The monoisotopic (exact) mass is 250 g/mol. The molecule has 0 saturated carbocycles. The molecule has 100 valence electrons. The van der Waals surface area contributed by atoms with Gasteiger partial charge in [0.15, 0.2) is 0 Å². The number of carboxylic acid groups (broad SMARTS) is 1. The summed E-state index contributed by atoms with van der Waals surface area (Å²) in [7, 11) is 3.94. The molecule has 0 radical (unpaired) electrons. The Morgan fingerprint density at radius 3 is 2.39 bits per heavy atom. The predicted molar refractivity (Wildman–Crippen MR) is 72.6 cm³/mol. The first kappa shape index (κ1) is 14.7. The van der Waals surface area contributed by atoms with E-state index in [-0.39, 0.29) is 0 Å². The van der Waals surface area contributed by atoms with E-state index in [0.717, 1.165) is 12.1 Å². The van der Waals surface area contributed by atoms with E-state index in [2.05, 4.69) is 5.32 Å². The maximum Gasteiger partial charge on any atom is 0.328 e. The molecule has 0 saturated heterocycles. The summed E-state index contributed by atoms with van der Waals surface area (Å²) < 4.78 is 0. The van der Waals surface area contributed by atoms with Crippen molar-refractivity contribution < 1.29 is 9.90 Å². The average molecular weight is 250 g/mol. The van der Waals surface area contributed by atoms with Crippen LogP contribution in [0, 0.1) is 0 Å². The number of hydrogen-bond acceptors (Lipinski definition) is 3. The maximum atomic E-state index is 11.7. The summed E-state index contributed by atoms with van der Waals surface area (Å²) >= 11 is 0. The summed E-state index contributed by atoms with van der Waals surface area (Å²) in [6.07, 6.45) is 0.514. The smallest absolute Gasteiger partial charge is 0.328 e. The van der Waals surface area contributed by atoms with Crippen LogP contribution >= 0.6 is 0 Å². The molecule has 0 spiro atoms. The molecule has 1 aromatic carbocycles. The van der Waals surface area contributed by atoms with E-state index in [1.165, 1.54) is 0 Å². The molecule has 0 bridgehead atoms. The summed E-state index contributed by atoms with van der Waals surface area (Å²) in [5, 5.41) is 12.8. The summed E-state index contributed by atoms with van der Waals surface area (Å²) in [5.41, 5.74) is -0.184. The van der Waals surface area contributed by atoms with Gasteiger partial charge in [-0.05, 0) is 26.1 Å². The van der Waals surface area contributed by atoms with Crippen LogP contribution in [0.3, 0.4) is 0 Å². The second kappa shape index (κ2) is 6.52. The minimum atomic E-state index is -0.989. The highest BCUT2D eigenvalue weighted by Gasteiger charge is 2.37. The summed E-state index contributed by atoms with van der Waals surface area (Å²) in [4.78, 5) is 13.7. The first-order chi connectivity index (χ1) is 8.53. The molecule has 1 aromatic rings. The number of nitrogens with one attached hydrogen (secondary N) is 1. The minimum absolute atomic E-state index is 0.514. The zero-order valence-corrected chi connectivity index (χ0v) is 11.3. The molecule has 0 aromatic heterocycles. The van der Waals surface area contributed by atoms with Crippen LogP contribution in [0.1, 0.15) is 18.9 Å². The van der Waals surface area contributed by atoms with Crippen LogP contribution in [-0.4, -0.2) is 43.2 Å². The largest absolute Gasteiger partial charge is 0.480 e. The van der Waals surface area contributed by atoms with E-state index in [9.17, 15) is 9.90 Å². The number of aliphatic carboxylic acids is 1. The van der Waals surface area contributed by atoms with Crippen LogP contribution in [0.5, 0.6) is 0 Å². The van der Waals surface area contributed by atoms with Gasteiger partial charge < -0.3 is 10.0 Å². The van der Waals surface area contributed by atoms with E-state index in [1.54, 1.807) is 0 Å². The highest BCUT2D eigenvalue weighted by molar-refractivity contribution is 5.80. The SMILES string of the molecule is CCC(NCCN(C)C)(C(=O)O)c1ccccc1. The van der Waals surface area contributed by atoms with Gasteiger partial charge in [-0.2, -0.15) is 0 Å². The number of rotatable bonds is 7. The molecule has 0 heterocycles. The highest BCUT2D eigenvalue weighted by Crippen LogP contribution is 2.25. The minimum Gasteiger partial charge on any atom is -0.480 e. The molecule has 4 nitrogen and oxygen atoms in total. The van der Waals surface area contributed by atoms with E-state index in [1.807, 2.05) is 56.3 Å². The van der Waals surface area contributed by atoms with Crippen LogP contribution in [-0.2, 0) is 10.3 Å². The van der Waals surface area contributed by atoms with Crippen molar-refractivity contribution in [2.24, 2.45) is 0 Å². The topological polar surface area (TPSA) is 52.6 Å². The van der Waals surface area contributed by atoms with Gasteiger partial charge in [-0.1, -0.05) is 37.3 Å². The van der Waals surface area contributed by atoms with Crippen molar-refractivity contribution in [2.45, 2.75) is 18.9 Å². The van der Waals surface area contributed by atoms with Crippen molar-refractivity contribution >= 4 is 5.97 Å². The number of carbonyl (C=O) groups is 1. The second-order valence-electron chi connectivity index (χ2n) is 4.66. The zero-order chi connectivity index (χ0) is 13.6. The molecule has 0 amide bonds. The van der Waals surface area contributed by atoms with Crippen molar-refractivity contribution in [3.05, 3.63) is 35.9 Å². The molecule has 18 heavy (non-hydrogen) atoms. The van der Waals surface area contributed by atoms with E-state index in [4.69, 9.17) is 0 Å². The fourth-order valence-electron chi connectivity index (χ4n) is 2.00. The molecule has 1 unspecified atom stereocenters. The van der Waals surface area contributed by atoms with Gasteiger partial charge in [0.2, 0.25) is 0 Å². The Hall–Kier alpha value is -1.39. The lowest BCUT2D eigenvalue weighted by molar-refractivity contribution is -0.145. The fraction of sp³-hybridized carbons (Fsp3) is 0.500. The van der Waals surface area contributed by atoms with Crippen LogP contribution < -0.4 is 5.32 Å². The molecule has 1 rings (SSSR count). The first-order valence-corrected chi connectivity index (χ1v) is 6.21. The van der Waals surface area contributed by atoms with Crippen LogP contribution in [0.2, 0.25) is 0 Å². The van der Waals surface area contributed by atoms with Gasteiger partial charge in [0.25, 0.3) is 0 Å².